The molecule has 3 rings (SSSR count). The molecule has 2 heterocycles. The van der Waals surface area contributed by atoms with Crippen LogP contribution in [0.3, 0.4) is 0 Å². The number of rotatable bonds is 8. The summed E-state index contributed by atoms with van der Waals surface area (Å²) in [5, 5.41) is 11.4. The van der Waals surface area contributed by atoms with Crippen LogP contribution in [0.15, 0.2) is 29.3 Å². The second-order valence-electron chi connectivity index (χ2n) is 7.59. The number of imidazole rings is 1. The first-order chi connectivity index (χ1) is 14.0. The first kappa shape index (κ1) is 24.2. The van der Waals surface area contributed by atoms with Gasteiger partial charge in [0, 0.05) is 38.3 Å². The summed E-state index contributed by atoms with van der Waals surface area (Å²) in [6.45, 7) is 10.1. The Bertz CT molecular complexity index is 940. The number of nitrogens with zero attached hydrogens (tertiary/aromatic N) is 4. The van der Waals surface area contributed by atoms with E-state index in [2.05, 4.69) is 59.5 Å². The maximum absolute atomic E-state index is 4.75. The molecule has 0 saturated carbocycles. The highest BCUT2D eigenvalue weighted by Gasteiger charge is 2.14. The van der Waals surface area contributed by atoms with Crippen molar-refractivity contribution in [3.63, 3.8) is 0 Å². The highest BCUT2D eigenvalue weighted by atomic mass is 127. The van der Waals surface area contributed by atoms with Crippen molar-refractivity contribution in [2.24, 2.45) is 12.0 Å². The lowest BCUT2D eigenvalue weighted by Crippen LogP contribution is -2.43. The standard InChI is InChI=1S/C22H33N7.HI/c1-6-23-22(25-15(2)14-18-16(3)28-29(5)17(18)4)24-13-9-12-21-26-19-10-7-8-11-20(19)27-21;/h7-8,10-11,15H,6,9,12-14H2,1-5H3,(H,26,27)(H2,23,24,25);1H. The van der Waals surface area contributed by atoms with Crippen molar-refractivity contribution in [3.05, 3.63) is 47.0 Å². The van der Waals surface area contributed by atoms with Gasteiger partial charge in [-0.3, -0.25) is 9.67 Å². The van der Waals surface area contributed by atoms with Crippen molar-refractivity contribution >= 4 is 41.0 Å². The smallest absolute Gasteiger partial charge is 0.191 e. The van der Waals surface area contributed by atoms with Crippen LogP contribution in [0.4, 0.5) is 0 Å². The largest absolute Gasteiger partial charge is 0.357 e. The SMILES string of the molecule is CCNC(=NCCCc1nc2ccccc2[nH]1)NC(C)Cc1c(C)nn(C)c1C.I. The van der Waals surface area contributed by atoms with Crippen molar-refractivity contribution in [1.29, 1.82) is 0 Å². The quantitative estimate of drug-likeness (QED) is 0.182. The summed E-state index contributed by atoms with van der Waals surface area (Å²) in [5.74, 6) is 1.89. The fourth-order valence-corrected chi connectivity index (χ4v) is 3.58. The van der Waals surface area contributed by atoms with Gasteiger partial charge in [0.15, 0.2) is 5.96 Å². The van der Waals surface area contributed by atoms with Crippen LogP contribution in [0.5, 0.6) is 0 Å². The first-order valence-corrected chi connectivity index (χ1v) is 10.5. The van der Waals surface area contributed by atoms with Crippen LogP contribution in [-0.4, -0.2) is 44.8 Å². The summed E-state index contributed by atoms with van der Waals surface area (Å²) in [5.41, 5.74) is 5.76. The number of aliphatic imine (C=N–C) groups is 1. The molecule has 8 heteroatoms. The lowest BCUT2D eigenvalue weighted by atomic mass is 10.1. The van der Waals surface area contributed by atoms with E-state index in [9.17, 15) is 0 Å². The van der Waals surface area contributed by atoms with E-state index in [4.69, 9.17) is 4.99 Å². The van der Waals surface area contributed by atoms with E-state index in [1.807, 2.05) is 29.9 Å². The number of hydrogen-bond donors (Lipinski definition) is 3. The second kappa shape index (κ2) is 11.3. The van der Waals surface area contributed by atoms with Gasteiger partial charge in [0.05, 0.1) is 16.7 Å². The van der Waals surface area contributed by atoms with Crippen LogP contribution in [0, 0.1) is 13.8 Å². The molecule has 1 atom stereocenters. The molecule has 0 aliphatic heterocycles. The zero-order valence-corrected chi connectivity index (χ0v) is 20.9. The summed E-state index contributed by atoms with van der Waals surface area (Å²) in [6, 6.07) is 8.41. The minimum atomic E-state index is 0. The molecule has 0 aliphatic rings. The number of hydrogen-bond acceptors (Lipinski definition) is 3. The van der Waals surface area contributed by atoms with Crippen LogP contribution >= 0.6 is 24.0 Å². The molecule has 1 aromatic carbocycles. The number of H-pyrrole nitrogens is 1. The van der Waals surface area contributed by atoms with E-state index in [0.29, 0.717) is 0 Å². The molecule has 164 valence electrons. The van der Waals surface area contributed by atoms with Gasteiger partial charge in [-0.15, -0.1) is 24.0 Å². The van der Waals surface area contributed by atoms with Crippen LogP contribution in [0.1, 0.15) is 43.0 Å². The summed E-state index contributed by atoms with van der Waals surface area (Å²) in [6.07, 6.45) is 2.77. The van der Waals surface area contributed by atoms with Gasteiger partial charge in [-0.1, -0.05) is 12.1 Å². The number of benzene rings is 1. The lowest BCUT2D eigenvalue weighted by molar-refractivity contribution is 0.634. The van der Waals surface area contributed by atoms with Crippen molar-refractivity contribution in [2.45, 2.75) is 53.0 Å². The Hall–Kier alpha value is -2.10. The summed E-state index contributed by atoms with van der Waals surface area (Å²) in [4.78, 5) is 12.8. The molecular formula is C22H34IN7. The molecule has 0 fully saturated rings. The Kier molecular flexibility index (Phi) is 9.13. The molecule has 1 unspecified atom stereocenters. The zero-order chi connectivity index (χ0) is 20.8. The van der Waals surface area contributed by atoms with E-state index in [0.717, 1.165) is 60.9 Å². The van der Waals surface area contributed by atoms with E-state index >= 15 is 0 Å². The fraction of sp³-hybridized carbons (Fsp3) is 0.500. The molecular weight excluding hydrogens is 489 g/mol. The third-order valence-corrected chi connectivity index (χ3v) is 5.18. The predicted molar refractivity (Wildman–Crippen MR) is 135 cm³/mol. The molecule has 0 spiro atoms. The monoisotopic (exact) mass is 523 g/mol. The Labute approximate surface area is 196 Å². The first-order valence-electron chi connectivity index (χ1n) is 10.5. The summed E-state index contributed by atoms with van der Waals surface area (Å²) >= 11 is 0. The maximum Gasteiger partial charge on any atom is 0.191 e. The van der Waals surface area contributed by atoms with Gasteiger partial charge in [-0.25, -0.2) is 4.98 Å². The molecule has 3 N–H and O–H groups in total. The van der Waals surface area contributed by atoms with Crippen LogP contribution in [0.2, 0.25) is 0 Å². The normalized spacial score (nSPS) is 12.6. The van der Waals surface area contributed by atoms with E-state index in [1.54, 1.807) is 0 Å². The van der Waals surface area contributed by atoms with Crippen molar-refractivity contribution in [1.82, 2.24) is 30.4 Å². The van der Waals surface area contributed by atoms with Gasteiger partial charge >= 0.3 is 0 Å². The van der Waals surface area contributed by atoms with Crippen LogP contribution in [0.25, 0.3) is 11.0 Å². The number of aryl methyl sites for hydroxylation is 3. The van der Waals surface area contributed by atoms with E-state index in [1.165, 1.54) is 11.3 Å². The van der Waals surface area contributed by atoms with Crippen molar-refractivity contribution in [2.75, 3.05) is 13.1 Å². The van der Waals surface area contributed by atoms with Gasteiger partial charge in [0.25, 0.3) is 0 Å². The fourth-order valence-electron chi connectivity index (χ4n) is 3.58. The molecule has 0 saturated heterocycles. The second-order valence-corrected chi connectivity index (χ2v) is 7.59. The highest BCUT2D eigenvalue weighted by molar-refractivity contribution is 14.0. The summed E-state index contributed by atoms with van der Waals surface area (Å²) < 4.78 is 1.95. The molecule has 0 bridgehead atoms. The number of halogens is 1. The average molecular weight is 523 g/mol. The average Bonchev–Trinajstić information content (AvgIpc) is 3.21. The number of aromatic nitrogens is 4. The molecule has 30 heavy (non-hydrogen) atoms. The van der Waals surface area contributed by atoms with Gasteiger partial charge in [-0.05, 0) is 58.2 Å². The highest BCUT2D eigenvalue weighted by Crippen LogP contribution is 2.14. The van der Waals surface area contributed by atoms with Crippen molar-refractivity contribution in [3.8, 4) is 0 Å². The number of para-hydroxylation sites is 2. The van der Waals surface area contributed by atoms with Crippen LogP contribution in [-0.2, 0) is 19.9 Å². The Morgan fingerprint density at radius 3 is 2.70 bits per heavy atom. The van der Waals surface area contributed by atoms with Gasteiger partial charge in [0.2, 0.25) is 0 Å². The molecule has 2 aromatic heterocycles. The van der Waals surface area contributed by atoms with Gasteiger partial charge in [0.1, 0.15) is 5.82 Å². The topological polar surface area (TPSA) is 82.9 Å². The minimum Gasteiger partial charge on any atom is -0.357 e. The minimum absolute atomic E-state index is 0. The Morgan fingerprint density at radius 1 is 1.27 bits per heavy atom. The third kappa shape index (κ3) is 6.20. The third-order valence-electron chi connectivity index (χ3n) is 5.18. The maximum atomic E-state index is 4.75. The molecule has 0 radical (unpaired) electrons. The van der Waals surface area contributed by atoms with Crippen molar-refractivity contribution < 1.29 is 0 Å². The number of guanidine groups is 1. The molecule has 7 nitrogen and oxygen atoms in total. The molecule has 3 aromatic rings. The number of fused-ring (bicyclic) bond motifs is 1. The Balaban J connectivity index is 0.00000320. The predicted octanol–water partition coefficient (Wildman–Crippen LogP) is 3.65. The Morgan fingerprint density at radius 2 is 2.03 bits per heavy atom. The molecule has 0 aliphatic carbocycles. The number of aromatic amines is 1. The summed E-state index contributed by atoms with van der Waals surface area (Å²) in [7, 11) is 2.00. The van der Waals surface area contributed by atoms with Crippen LogP contribution < -0.4 is 10.6 Å². The van der Waals surface area contributed by atoms with Gasteiger partial charge < -0.3 is 15.6 Å². The lowest BCUT2D eigenvalue weighted by Gasteiger charge is -2.18. The zero-order valence-electron chi connectivity index (χ0n) is 18.6. The molecule has 0 amide bonds. The number of nitrogens with one attached hydrogen (secondary N) is 3. The van der Waals surface area contributed by atoms with E-state index < -0.39 is 0 Å². The van der Waals surface area contributed by atoms with E-state index in [-0.39, 0.29) is 30.0 Å². The van der Waals surface area contributed by atoms with Gasteiger partial charge in [-0.2, -0.15) is 5.10 Å².